The van der Waals surface area contributed by atoms with Crippen molar-refractivity contribution in [2.24, 2.45) is 16.8 Å². The molecule has 3 aromatic rings. The van der Waals surface area contributed by atoms with E-state index in [1.165, 1.54) is 12.0 Å². The van der Waals surface area contributed by atoms with Crippen LogP contribution in [-0.2, 0) is 5.54 Å². The summed E-state index contributed by atoms with van der Waals surface area (Å²) in [4.78, 5) is 5.11. The van der Waals surface area contributed by atoms with Crippen molar-refractivity contribution in [1.29, 1.82) is 0 Å². The van der Waals surface area contributed by atoms with Gasteiger partial charge in [-0.25, -0.2) is 4.98 Å². The highest BCUT2D eigenvalue weighted by Crippen LogP contribution is 2.41. The lowest BCUT2D eigenvalue weighted by molar-refractivity contribution is 0.253. The van der Waals surface area contributed by atoms with Gasteiger partial charge in [0.25, 0.3) is 0 Å². The lowest BCUT2D eigenvalue weighted by atomic mass is 9.72. The normalized spacial score (nSPS) is 20.4. The molecule has 31 heavy (non-hydrogen) atoms. The highest BCUT2D eigenvalue weighted by atomic mass is 15.3. The SMILES string of the molecule is C=C1NN=C2c3cc(-c4ccccc4)c(-c4ccc(C5(N)CCC5)cc4)nc3C=CC12. The first-order chi connectivity index (χ1) is 15.1. The van der Waals surface area contributed by atoms with E-state index >= 15 is 0 Å². The van der Waals surface area contributed by atoms with Crippen molar-refractivity contribution in [1.82, 2.24) is 10.4 Å². The van der Waals surface area contributed by atoms with Crippen molar-refractivity contribution in [3.63, 3.8) is 0 Å². The molecule has 2 aromatic carbocycles. The van der Waals surface area contributed by atoms with Crippen LogP contribution in [0.2, 0.25) is 0 Å². The predicted molar refractivity (Wildman–Crippen MR) is 126 cm³/mol. The van der Waals surface area contributed by atoms with Gasteiger partial charge in [0.1, 0.15) is 0 Å². The quantitative estimate of drug-likeness (QED) is 0.629. The zero-order valence-electron chi connectivity index (χ0n) is 17.3. The first kappa shape index (κ1) is 18.3. The monoisotopic (exact) mass is 404 g/mol. The maximum Gasteiger partial charge on any atom is 0.0829 e. The molecule has 1 atom stereocenters. The number of nitrogens with two attached hydrogens (primary N) is 1. The highest BCUT2D eigenvalue weighted by molar-refractivity contribution is 6.11. The second-order valence-electron chi connectivity index (χ2n) is 8.74. The summed E-state index contributed by atoms with van der Waals surface area (Å²) in [6.45, 7) is 4.09. The molecule has 0 radical (unpaired) electrons. The Morgan fingerprint density at radius 2 is 1.74 bits per heavy atom. The fourth-order valence-corrected chi connectivity index (χ4v) is 4.78. The predicted octanol–water partition coefficient (Wildman–Crippen LogP) is 5.22. The second-order valence-corrected chi connectivity index (χ2v) is 8.74. The Bertz CT molecular complexity index is 1250. The molecule has 3 aliphatic rings. The smallest absolute Gasteiger partial charge is 0.0829 e. The van der Waals surface area contributed by atoms with Gasteiger partial charge in [-0.15, -0.1) is 0 Å². The van der Waals surface area contributed by atoms with Crippen LogP contribution < -0.4 is 11.2 Å². The van der Waals surface area contributed by atoms with Gasteiger partial charge in [0.15, 0.2) is 0 Å². The van der Waals surface area contributed by atoms with Crippen LogP contribution in [0.4, 0.5) is 0 Å². The van der Waals surface area contributed by atoms with Gasteiger partial charge in [0.05, 0.1) is 23.0 Å². The molecule has 1 saturated carbocycles. The summed E-state index contributed by atoms with van der Waals surface area (Å²) >= 11 is 0. The van der Waals surface area contributed by atoms with E-state index < -0.39 is 0 Å². The van der Waals surface area contributed by atoms with Crippen LogP contribution in [0.25, 0.3) is 28.5 Å². The van der Waals surface area contributed by atoms with E-state index in [-0.39, 0.29) is 11.5 Å². The van der Waals surface area contributed by atoms with Crippen LogP contribution in [0, 0.1) is 5.92 Å². The van der Waals surface area contributed by atoms with Gasteiger partial charge in [-0.05, 0) is 42.5 Å². The van der Waals surface area contributed by atoms with Crippen molar-refractivity contribution >= 4 is 11.8 Å². The van der Waals surface area contributed by atoms with E-state index in [1.54, 1.807) is 0 Å². The Balaban J connectivity index is 1.51. The molecule has 2 heterocycles. The Kier molecular flexibility index (Phi) is 3.99. The number of nitrogens with one attached hydrogen (secondary N) is 1. The van der Waals surface area contributed by atoms with Crippen molar-refractivity contribution in [2.45, 2.75) is 24.8 Å². The summed E-state index contributed by atoms with van der Waals surface area (Å²) in [6, 6.07) is 21.3. The number of hydrogen-bond acceptors (Lipinski definition) is 4. The summed E-state index contributed by atoms with van der Waals surface area (Å²) in [7, 11) is 0. The number of allylic oxidation sites excluding steroid dienone is 1. The van der Waals surface area contributed by atoms with Crippen LogP contribution in [0.15, 0.2) is 84.1 Å². The Morgan fingerprint density at radius 1 is 0.968 bits per heavy atom. The number of aromatic nitrogens is 1. The minimum atomic E-state index is -0.155. The van der Waals surface area contributed by atoms with E-state index in [2.05, 4.69) is 83.9 Å². The van der Waals surface area contributed by atoms with Gasteiger partial charge < -0.3 is 5.73 Å². The van der Waals surface area contributed by atoms with Gasteiger partial charge in [-0.3, -0.25) is 5.43 Å². The molecule has 0 spiro atoms. The number of pyridine rings is 1. The average Bonchev–Trinajstić information content (AvgIpc) is 3.18. The van der Waals surface area contributed by atoms with E-state index in [0.717, 1.165) is 57.9 Å². The van der Waals surface area contributed by atoms with Gasteiger partial charge in [0, 0.05) is 27.9 Å². The summed E-state index contributed by atoms with van der Waals surface area (Å²) in [5.74, 6) is 0.103. The topological polar surface area (TPSA) is 63.3 Å². The van der Waals surface area contributed by atoms with Crippen LogP contribution in [0.3, 0.4) is 0 Å². The Hall–Kier alpha value is -3.50. The van der Waals surface area contributed by atoms with Gasteiger partial charge in [-0.1, -0.05) is 67.3 Å². The average molecular weight is 405 g/mol. The molecular formula is C27H24N4. The fraction of sp³-hybridized carbons (Fsp3) is 0.185. The number of hydrazone groups is 1. The molecule has 0 bridgehead atoms. The molecule has 3 N–H and O–H groups in total. The van der Waals surface area contributed by atoms with Crippen molar-refractivity contribution in [2.75, 3.05) is 0 Å². The molecule has 6 rings (SSSR count). The molecule has 0 amide bonds. The van der Waals surface area contributed by atoms with Gasteiger partial charge >= 0.3 is 0 Å². The van der Waals surface area contributed by atoms with E-state index in [4.69, 9.17) is 10.7 Å². The Morgan fingerprint density at radius 3 is 2.45 bits per heavy atom. The molecule has 4 nitrogen and oxygen atoms in total. The molecule has 1 unspecified atom stereocenters. The first-order valence-corrected chi connectivity index (χ1v) is 10.8. The lowest BCUT2D eigenvalue weighted by Gasteiger charge is -2.38. The molecule has 1 fully saturated rings. The highest BCUT2D eigenvalue weighted by Gasteiger charge is 2.34. The molecule has 152 valence electrons. The second kappa shape index (κ2) is 6.76. The minimum Gasteiger partial charge on any atom is -0.321 e. The Labute approximate surface area is 182 Å². The van der Waals surface area contributed by atoms with E-state index in [1.807, 2.05) is 6.07 Å². The van der Waals surface area contributed by atoms with Crippen molar-refractivity contribution in [3.05, 3.63) is 95.8 Å². The number of fused-ring (bicyclic) bond motifs is 3. The summed E-state index contributed by atoms with van der Waals surface area (Å²) in [6.07, 6.45) is 7.55. The van der Waals surface area contributed by atoms with Crippen molar-refractivity contribution < 1.29 is 0 Å². The third-order valence-electron chi connectivity index (χ3n) is 6.83. The van der Waals surface area contributed by atoms with Crippen molar-refractivity contribution in [3.8, 4) is 22.4 Å². The fourth-order valence-electron chi connectivity index (χ4n) is 4.78. The largest absolute Gasteiger partial charge is 0.321 e. The van der Waals surface area contributed by atoms with Gasteiger partial charge in [0.2, 0.25) is 0 Å². The van der Waals surface area contributed by atoms with E-state index in [0.29, 0.717) is 0 Å². The maximum atomic E-state index is 6.53. The van der Waals surface area contributed by atoms with E-state index in [9.17, 15) is 0 Å². The third kappa shape index (κ3) is 2.87. The standard InChI is InChI=1S/C27H24N4/c1-17-21-12-13-24-23(26(21)31-30-17)16-22(18-6-3-2-4-7-18)25(29-24)19-8-10-20(11-9-19)27(28)14-5-15-27/h2-4,6-13,16,21,30H,1,5,14-15,28H2. The molecule has 2 aliphatic carbocycles. The number of hydrogen-bond donors (Lipinski definition) is 2. The van der Waals surface area contributed by atoms with Crippen LogP contribution in [0.1, 0.15) is 36.1 Å². The lowest BCUT2D eigenvalue weighted by Crippen LogP contribution is -2.43. The molecule has 0 saturated heterocycles. The summed E-state index contributed by atoms with van der Waals surface area (Å²) in [5, 5.41) is 4.53. The third-order valence-corrected chi connectivity index (χ3v) is 6.83. The molecule has 4 heteroatoms. The molecule has 1 aromatic heterocycles. The van der Waals surface area contributed by atoms with Crippen LogP contribution in [0.5, 0.6) is 0 Å². The van der Waals surface area contributed by atoms with Crippen LogP contribution >= 0.6 is 0 Å². The summed E-state index contributed by atoms with van der Waals surface area (Å²) in [5.41, 5.74) is 18.9. The zero-order chi connectivity index (χ0) is 21.0. The number of benzene rings is 2. The maximum absolute atomic E-state index is 6.53. The molecular weight excluding hydrogens is 380 g/mol. The number of rotatable bonds is 3. The summed E-state index contributed by atoms with van der Waals surface area (Å²) < 4.78 is 0. The molecule has 1 aliphatic heterocycles. The first-order valence-electron chi connectivity index (χ1n) is 10.8. The minimum absolute atomic E-state index is 0.103. The number of nitrogens with zero attached hydrogens (tertiary/aromatic N) is 2. The van der Waals surface area contributed by atoms with Gasteiger partial charge in [-0.2, -0.15) is 5.10 Å². The van der Waals surface area contributed by atoms with Crippen LogP contribution in [-0.4, -0.2) is 10.7 Å². The zero-order valence-corrected chi connectivity index (χ0v) is 17.3.